The number of nitrogens with one attached hydrogen (secondary N) is 1. The van der Waals surface area contributed by atoms with Crippen LogP contribution in [-0.2, 0) is 13.2 Å². The van der Waals surface area contributed by atoms with Crippen molar-refractivity contribution in [2.24, 2.45) is 0 Å². The normalized spacial score (nSPS) is 10.6. The lowest BCUT2D eigenvalue weighted by molar-refractivity contribution is 0.0697. The van der Waals surface area contributed by atoms with Gasteiger partial charge in [-0.05, 0) is 60.5 Å². The Hall–Kier alpha value is -2.96. The Morgan fingerprint density at radius 1 is 1.00 bits per heavy atom. The maximum atomic E-state index is 13.1. The van der Waals surface area contributed by atoms with E-state index < -0.39 is 5.97 Å². The van der Waals surface area contributed by atoms with Crippen LogP contribution in [0, 0.1) is 5.82 Å². The summed E-state index contributed by atoms with van der Waals surface area (Å²) in [5.41, 5.74) is 2.20. The number of rotatable bonds is 9. The minimum Gasteiger partial charge on any atom is -0.490 e. The van der Waals surface area contributed by atoms with Gasteiger partial charge in [-0.15, -0.1) is 0 Å². The quantitative estimate of drug-likeness (QED) is 0.383. The van der Waals surface area contributed by atoms with E-state index in [0.29, 0.717) is 40.4 Å². The molecule has 0 radical (unpaired) electrons. The van der Waals surface area contributed by atoms with Crippen molar-refractivity contribution >= 4 is 34.9 Å². The number of ether oxygens (including phenoxy) is 2. The van der Waals surface area contributed by atoms with E-state index in [-0.39, 0.29) is 18.0 Å². The molecule has 0 atom stereocenters. The Balaban J connectivity index is 1.77. The zero-order valence-corrected chi connectivity index (χ0v) is 18.1. The minimum atomic E-state index is -1.04. The number of hydrogen-bond donors (Lipinski definition) is 2. The number of carboxylic acids is 1. The average molecular weight is 464 g/mol. The monoisotopic (exact) mass is 463 g/mol. The first kappa shape index (κ1) is 22.7. The molecule has 3 rings (SSSR count). The first-order valence-corrected chi connectivity index (χ1v) is 10.2. The first-order chi connectivity index (χ1) is 14.9. The van der Waals surface area contributed by atoms with E-state index in [0.717, 1.165) is 11.1 Å². The highest BCUT2D eigenvalue weighted by Gasteiger charge is 2.14. The van der Waals surface area contributed by atoms with Crippen LogP contribution in [0.3, 0.4) is 0 Å². The number of hydrogen-bond acceptors (Lipinski definition) is 4. The summed E-state index contributed by atoms with van der Waals surface area (Å²) in [6, 6.07) is 13.9. The fraction of sp³-hybridized carbons (Fsp3) is 0.174. The van der Waals surface area contributed by atoms with E-state index in [2.05, 4.69) is 5.32 Å². The number of aromatic carboxylic acids is 1. The van der Waals surface area contributed by atoms with Crippen LogP contribution in [-0.4, -0.2) is 17.7 Å². The van der Waals surface area contributed by atoms with Gasteiger partial charge in [0.05, 0.1) is 27.9 Å². The molecule has 162 valence electrons. The number of halogens is 3. The van der Waals surface area contributed by atoms with Gasteiger partial charge in [-0.25, -0.2) is 9.18 Å². The topological polar surface area (TPSA) is 67.8 Å². The molecule has 3 aromatic carbocycles. The van der Waals surface area contributed by atoms with Gasteiger partial charge in [-0.3, -0.25) is 0 Å². The SMILES string of the molecule is CCOc1cc(CNc2cc(C(=O)O)ccc2Cl)cc(Cl)c1OCc1ccc(F)cc1. The van der Waals surface area contributed by atoms with Crippen LogP contribution in [0.4, 0.5) is 10.1 Å². The van der Waals surface area contributed by atoms with Crippen LogP contribution in [0.25, 0.3) is 0 Å². The summed E-state index contributed by atoms with van der Waals surface area (Å²) < 4.78 is 24.6. The average Bonchev–Trinajstić information content (AvgIpc) is 2.74. The van der Waals surface area contributed by atoms with E-state index in [1.807, 2.05) is 6.92 Å². The Morgan fingerprint density at radius 2 is 1.74 bits per heavy atom. The highest BCUT2D eigenvalue weighted by molar-refractivity contribution is 6.33. The van der Waals surface area contributed by atoms with Gasteiger partial charge in [0.25, 0.3) is 0 Å². The van der Waals surface area contributed by atoms with Gasteiger partial charge >= 0.3 is 5.97 Å². The van der Waals surface area contributed by atoms with E-state index in [1.165, 1.54) is 30.3 Å². The molecule has 0 spiro atoms. The standard InChI is InChI=1S/C23H20Cl2FNO4/c1-2-30-21-10-15(12-27-20-11-16(23(28)29)5-8-18(20)24)9-19(25)22(21)31-13-14-3-6-17(26)7-4-14/h3-11,27H,2,12-13H2,1H3,(H,28,29). The van der Waals surface area contributed by atoms with E-state index >= 15 is 0 Å². The highest BCUT2D eigenvalue weighted by atomic mass is 35.5. The van der Waals surface area contributed by atoms with Crippen LogP contribution in [0.2, 0.25) is 10.0 Å². The molecule has 0 aliphatic carbocycles. The smallest absolute Gasteiger partial charge is 0.335 e. The summed E-state index contributed by atoms with van der Waals surface area (Å²) >= 11 is 12.6. The van der Waals surface area contributed by atoms with E-state index in [1.54, 1.807) is 24.3 Å². The van der Waals surface area contributed by atoms with Crippen molar-refractivity contribution in [1.82, 2.24) is 0 Å². The number of benzene rings is 3. The summed E-state index contributed by atoms with van der Waals surface area (Å²) in [6.07, 6.45) is 0. The molecule has 31 heavy (non-hydrogen) atoms. The number of carboxylic acid groups (broad SMARTS) is 1. The molecule has 8 heteroatoms. The van der Waals surface area contributed by atoms with Crippen molar-refractivity contribution in [3.63, 3.8) is 0 Å². The molecule has 0 aliphatic heterocycles. The zero-order chi connectivity index (χ0) is 22.4. The van der Waals surface area contributed by atoms with Crippen LogP contribution < -0.4 is 14.8 Å². The third kappa shape index (κ3) is 6.03. The Kier molecular flexibility index (Phi) is 7.60. The van der Waals surface area contributed by atoms with Gasteiger partial charge in [-0.1, -0.05) is 35.3 Å². The van der Waals surface area contributed by atoms with Gasteiger partial charge in [0.1, 0.15) is 12.4 Å². The molecular formula is C23H20Cl2FNO4. The molecule has 0 fully saturated rings. The second-order valence-corrected chi connectivity index (χ2v) is 7.42. The third-order valence-electron chi connectivity index (χ3n) is 4.36. The maximum Gasteiger partial charge on any atom is 0.335 e. The lowest BCUT2D eigenvalue weighted by atomic mass is 10.1. The predicted molar refractivity (Wildman–Crippen MR) is 119 cm³/mol. The van der Waals surface area contributed by atoms with Gasteiger partial charge in [0, 0.05) is 6.54 Å². The van der Waals surface area contributed by atoms with Gasteiger partial charge < -0.3 is 19.9 Å². The molecular weight excluding hydrogens is 444 g/mol. The molecule has 0 saturated heterocycles. The summed E-state index contributed by atoms with van der Waals surface area (Å²) in [4.78, 5) is 11.2. The van der Waals surface area contributed by atoms with Crippen molar-refractivity contribution in [2.45, 2.75) is 20.1 Å². The predicted octanol–water partition coefficient (Wildman–Crippen LogP) is 6.42. The molecule has 0 saturated carbocycles. The van der Waals surface area contributed by atoms with Crippen LogP contribution in [0.15, 0.2) is 54.6 Å². The third-order valence-corrected chi connectivity index (χ3v) is 4.97. The fourth-order valence-electron chi connectivity index (χ4n) is 2.85. The number of anilines is 1. The van der Waals surface area contributed by atoms with Gasteiger partial charge in [-0.2, -0.15) is 0 Å². The van der Waals surface area contributed by atoms with Gasteiger partial charge in [0.2, 0.25) is 0 Å². The second-order valence-electron chi connectivity index (χ2n) is 6.61. The highest BCUT2D eigenvalue weighted by Crippen LogP contribution is 2.37. The van der Waals surface area contributed by atoms with Crippen molar-refractivity contribution in [3.05, 3.63) is 87.2 Å². The Morgan fingerprint density at radius 3 is 2.42 bits per heavy atom. The summed E-state index contributed by atoms with van der Waals surface area (Å²) in [5, 5.41) is 13.0. The fourth-order valence-corrected chi connectivity index (χ4v) is 3.33. The molecule has 3 aromatic rings. The van der Waals surface area contributed by atoms with Crippen LogP contribution in [0.5, 0.6) is 11.5 Å². The molecule has 0 heterocycles. The van der Waals surface area contributed by atoms with Crippen molar-refractivity contribution in [2.75, 3.05) is 11.9 Å². The minimum absolute atomic E-state index is 0.129. The first-order valence-electron chi connectivity index (χ1n) is 9.46. The lowest BCUT2D eigenvalue weighted by Gasteiger charge is -2.16. The molecule has 2 N–H and O–H groups in total. The van der Waals surface area contributed by atoms with Crippen LogP contribution >= 0.6 is 23.2 Å². The largest absolute Gasteiger partial charge is 0.490 e. The zero-order valence-electron chi connectivity index (χ0n) is 16.6. The van der Waals surface area contributed by atoms with Crippen LogP contribution in [0.1, 0.15) is 28.4 Å². The Bertz CT molecular complexity index is 1070. The summed E-state index contributed by atoms with van der Waals surface area (Å²) in [7, 11) is 0. The molecule has 0 amide bonds. The van der Waals surface area contributed by atoms with Crippen molar-refractivity contribution in [1.29, 1.82) is 0 Å². The maximum absolute atomic E-state index is 13.1. The van der Waals surface area contributed by atoms with Crippen molar-refractivity contribution < 1.29 is 23.8 Å². The second kappa shape index (κ2) is 10.4. The molecule has 0 bridgehead atoms. The Labute approximate surface area is 189 Å². The number of carbonyl (C=O) groups is 1. The van der Waals surface area contributed by atoms with Crippen molar-refractivity contribution in [3.8, 4) is 11.5 Å². The molecule has 0 aromatic heterocycles. The molecule has 0 aliphatic rings. The lowest BCUT2D eigenvalue weighted by Crippen LogP contribution is -2.05. The van der Waals surface area contributed by atoms with E-state index in [9.17, 15) is 9.18 Å². The summed E-state index contributed by atoms with van der Waals surface area (Å²) in [6.45, 7) is 2.79. The molecule has 0 unspecified atom stereocenters. The molecule has 5 nitrogen and oxygen atoms in total. The van der Waals surface area contributed by atoms with E-state index in [4.69, 9.17) is 37.8 Å². The van der Waals surface area contributed by atoms with Gasteiger partial charge in [0.15, 0.2) is 11.5 Å². The summed E-state index contributed by atoms with van der Waals surface area (Å²) in [5.74, 6) is -0.492.